The zero-order valence-corrected chi connectivity index (χ0v) is 21.8. The highest BCUT2D eigenvalue weighted by Gasteiger charge is 2.16. The zero-order valence-electron chi connectivity index (χ0n) is 20.3. The van der Waals surface area contributed by atoms with Gasteiger partial charge in [0, 0.05) is 64.4 Å². The van der Waals surface area contributed by atoms with Crippen molar-refractivity contribution in [3.8, 4) is 11.3 Å². The van der Waals surface area contributed by atoms with Crippen molar-refractivity contribution in [1.29, 1.82) is 0 Å². The fourth-order valence-electron chi connectivity index (χ4n) is 4.12. The Balaban J connectivity index is 1.50. The van der Waals surface area contributed by atoms with Crippen molar-refractivity contribution in [3.63, 3.8) is 0 Å². The number of carbonyl (C=O) groups is 1. The molecule has 0 saturated carbocycles. The van der Waals surface area contributed by atoms with Gasteiger partial charge in [0.15, 0.2) is 5.78 Å². The van der Waals surface area contributed by atoms with Crippen LogP contribution in [0.1, 0.15) is 31.7 Å². The summed E-state index contributed by atoms with van der Waals surface area (Å²) in [5.74, 6) is 0.0353. The largest absolute Gasteiger partial charge is 0.328 e. The van der Waals surface area contributed by atoms with E-state index < -0.39 is 0 Å². The lowest BCUT2D eigenvalue weighted by Crippen LogP contribution is -2.14. The number of benzene rings is 2. The van der Waals surface area contributed by atoms with Crippen molar-refractivity contribution in [2.75, 3.05) is 6.54 Å². The Hall–Kier alpha value is -3.05. The number of fused-ring (bicyclic) bond motifs is 1. The summed E-state index contributed by atoms with van der Waals surface area (Å²) in [6, 6.07) is 15.8. The topological polar surface area (TPSA) is 68.3 Å². The molecule has 0 radical (unpaired) electrons. The quantitative estimate of drug-likeness (QED) is 0.304. The van der Waals surface area contributed by atoms with E-state index >= 15 is 0 Å². The van der Waals surface area contributed by atoms with Gasteiger partial charge in [-0.2, -0.15) is 0 Å². The number of carbonyl (C=O) groups excluding carboxylic acids is 1. The van der Waals surface area contributed by atoms with Crippen molar-refractivity contribution in [2.24, 2.45) is 10.7 Å². The van der Waals surface area contributed by atoms with E-state index in [9.17, 15) is 4.79 Å². The molecule has 36 heavy (non-hydrogen) atoms. The first-order valence-electron chi connectivity index (χ1n) is 12.1. The summed E-state index contributed by atoms with van der Waals surface area (Å²) in [6.45, 7) is 2.61. The molecule has 1 atom stereocenters. The highest BCUT2D eigenvalue weighted by molar-refractivity contribution is 6.33. The van der Waals surface area contributed by atoms with Crippen molar-refractivity contribution in [2.45, 2.75) is 38.6 Å². The van der Waals surface area contributed by atoms with Crippen LogP contribution in [-0.2, 0) is 11.2 Å². The summed E-state index contributed by atoms with van der Waals surface area (Å²) in [6.07, 6.45) is 11.6. The summed E-state index contributed by atoms with van der Waals surface area (Å²) in [5.41, 5.74) is 9.99. The lowest BCUT2D eigenvalue weighted by atomic mass is 9.97. The van der Waals surface area contributed by atoms with E-state index in [0.717, 1.165) is 46.0 Å². The van der Waals surface area contributed by atoms with E-state index in [4.69, 9.17) is 28.9 Å². The Morgan fingerprint density at radius 3 is 2.83 bits per heavy atom. The SMILES string of the molecule is CC(N)CC=NCCC1=CC=C(C(=O)Cc2ccc(Cl)c(-c3nccc4ccccc34)c2)CC(Cl)=C1. The van der Waals surface area contributed by atoms with Gasteiger partial charge in [0.1, 0.15) is 0 Å². The number of pyridine rings is 1. The fraction of sp³-hybridized carbons (Fsp3) is 0.233. The number of nitrogens with two attached hydrogens (primary N) is 1. The number of Topliss-reactive ketones (excluding diaryl/α,β-unsaturated/α-hetero) is 1. The average Bonchev–Trinajstić information content (AvgIpc) is 3.05. The molecule has 0 fully saturated rings. The van der Waals surface area contributed by atoms with Crippen LogP contribution in [0.2, 0.25) is 5.02 Å². The number of hydrogen-bond donors (Lipinski definition) is 1. The summed E-state index contributed by atoms with van der Waals surface area (Å²) in [4.78, 5) is 22.2. The summed E-state index contributed by atoms with van der Waals surface area (Å²) in [7, 11) is 0. The van der Waals surface area contributed by atoms with Crippen LogP contribution >= 0.6 is 23.2 Å². The molecule has 4 nitrogen and oxygen atoms in total. The first-order chi connectivity index (χ1) is 17.4. The van der Waals surface area contributed by atoms with Crippen molar-refractivity contribution in [1.82, 2.24) is 4.98 Å². The number of halogens is 2. The highest BCUT2D eigenvalue weighted by Crippen LogP contribution is 2.33. The van der Waals surface area contributed by atoms with Crippen LogP contribution in [-0.4, -0.2) is 29.6 Å². The third kappa shape index (κ3) is 6.79. The number of rotatable bonds is 9. The van der Waals surface area contributed by atoms with Crippen molar-refractivity contribution in [3.05, 3.63) is 99.7 Å². The molecular weight excluding hydrogens is 489 g/mol. The Bertz CT molecular complexity index is 1380. The molecule has 0 bridgehead atoms. The minimum Gasteiger partial charge on any atom is -0.328 e. The van der Waals surface area contributed by atoms with Gasteiger partial charge in [-0.25, -0.2) is 0 Å². The first-order valence-corrected chi connectivity index (χ1v) is 12.8. The van der Waals surface area contributed by atoms with Gasteiger partial charge < -0.3 is 5.73 Å². The van der Waals surface area contributed by atoms with Crippen LogP contribution in [0, 0.1) is 0 Å². The van der Waals surface area contributed by atoms with Gasteiger partial charge in [-0.1, -0.05) is 65.7 Å². The standard InChI is InChI=1S/C30H29Cl2N3O/c1-20(33)10-13-34-14-11-21-6-8-24(19-25(31)16-21)29(36)18-22-7-9-28(32)27(17-22)30-26-5-3-2-4-23(26)12-15-35-30/h2-9,12-13,15-17,20H,10-11,14,18-19,33H2,1H3. The maximum atomic E-state index is 13.2. The zero-order chi connectivity index (χ0) is 25.5. The molecule has 184 valence electrons. The van der Waals surface area contributed by atoms with Gasteiger partial charge >= 0.3 is 0 Å². The van der Waals surface area contributed by atoms with Gasteiger partial charge in [0.25, 0.3) is 0 Å². The van der Waals surface area contributed by atoms with Gasteiger partial charge in [-0.05, 0) is 60.6 Å². The van der Waals surface area contributed by atoms with E-state index in [1.54, 1.807) is 6.20 Å². The smallest absolute Gasteiger partial charge is 0.163 e. The molecule has 2 aromatic carbocycles. The molecule has 0 aliphatic heterocycles. The van der Waals surface area contributed by atoms with E-state index in [0.29, 0.717) is 28.6 Å². The molecule has 0 saturated heterocycles. The Morgan fingerprint density at radius 1 is 1.17 bits per heavy atom. The van der Waals surface area contributed by atoms with Gasteiger partial charge in [-0.15, -0.1) is 0 Å². The van der Waals surface area contributed by atoms with Crippen LogP contribution < -0.4 is 5.73 Å². The van der Waals surface area contributed by atoms with Crippen LogP contribution in [0.5, 0.6) is 0 Å². The maximum Gasteiger partial charge on any atom is 0.163 e. The van der Waals surface area contributed by atoms with Crippen LogP contribution in [0.25, 0.3) is 22.0 Å². The number of aromatic nitrogens is 1. The Kier molecular flexibility index (Phi) is 8.87. The normalized spacial score (nSPS) is 14.8. The number of hydrogen-bond acceptors (Lipinski definition) is 4. The van der Waals surface area contributed by atoms with E-state index in [1.165, 1.54) is 0 Å². The second-order valence-corrected chi connectivity index (χ2v) is 9.94. The molecule has 1 aliphatic carbocycles. The molecule has 1 aromatic heterocycles. The lowest BCUT2D eigenvalue weighted by Gasteiger charge is -2.11. The molecule has 3 aromatic rings. The molecule has 4 rings (SSSR count). The van der Waals surface area contributed by atoms with E-state index in [1.807, 2.05) is 79.9 Å². The number of ketones is 1. The van der Waals surface area contributed by atoms with Gasteiger partial charge in [0.2, 0.25) is 0 Å². The fourth-order valence-corrected chi connectivity index (χ4v) is 4.61. The predicted molar refractivity (Wildman–Crippen MR) is 152 cm³/mol. The molecule has 2 N–H and O–H groups in total. The molecule has 6 heteroatoms. The molecule has 0 spiro atoms. The summed E-state index contributed by atoms with van der Waals surface area (Å²) < 4.78 is 0. The minimum absolute atomic E-state index is 0.0353. The van der Waals surface area contributed by atoms with E-state index in [-0.39, 0.29) is 18.2 Å². The summed E-state index contributed by atoms with van der Waals surface area (Å²) in [5, 5.41) is 3.36. The van der Waals surface area contributed by atoms with Crippen LogP contribution in [0.3, 0.4) is 0 Å². The minimum atomic E-state index is 0.0353. The second kappa shape index (κ2) is 12.3. The van der Waals surface area contributed by atoms with Gasteiger partial charge in [0.05, 0.1) is 5.69 Å². The molecule has 1 aliphatic rings. The monoisotopic (exact) mass is 517 g/mol. The summed E-state index contributed by atoms with van der Waals surface area (Å²) >= 11 is 13.0. The van der Waals surface area contributed by atoms with Crippen molar-refractivity contribution >= 4 is 46.0 Å². The maximum absolute atomic E-state index is 13.2. The number of allylic oxidation sites excluding steroid dienone is 5. The highest BCUT2D eigenvalue weighted by atomic mass is 35.5. The first kappa shape index (κ1) is 26.0. The number of aliphatic imine (C=N–C) groups is 1. The van der Waals surface area contributed by atoms with Crippen molar-refractivity contribution < 1.29 is 4.79 Å². The molecule has 1 unspecified atom stereocenters. The molecule has 1 heterocycles. The van der Waals surface area contributed by atoms with Gasteiger partial charge in [-0.3, -0.25) is 14.8 Å². The number of nitrogens with zero attached hydrogens (tertiary/aromatic N) is 2. The Morgan fingerprint density at radius 2 is 2.00 bits per heavy atom. The lowest BCUT2D eigenvalue weighted by molar-refractivity contribution is -0.115. The van der Waals surface area contributed by atoms with Crippen LogP contribution in [0.4, 0.5) is 0 Å². The van der Waals surface area contributed by atoms with Crippen LogP contribution in [0.15, 0.2) is 94.1 Å². The Labute approximate surface area is 222 Å². The van der Waals surface area contributed by atoms with E-state index in [2.05, 4.69) is 9.98 Å². The molecule has 0 amide bonds. The predicted octanol–water partition coefficient (Wildman–Crippen LogP) is 7.24. The second-order valence-electron chi connectivity index (χ2n) is 9.05. The third-order valence-electron chi connectivity index (χ3n) is 6.02. The third-order valence-corrected chi connectivity index (χ3v) is 6.59. The molecular formula is C30H29Cl2N3O. The average molecular weight is 518 g/mol.